The average molecular weight is 455 g/mol. The smallest absolute Gasteiger partial charge is 0.324 e. The molecule has 0 aromatic heterocycles. The first-order valence-corrected chi connectivity index (χ1v) is 12.7. The molecule has 1 aromatic rings. The number of hydrogen-bond donors (Lipinski definition) is 1. The molecule has 3 rings (SSSR count). The Hall–Kier alpha value is -2.16. The number of imide groups is 1. The number of amides is 3. The number of halogens is 1. The second-order valence-electron chi connectivity index (χ2n) is 8.74. The largest absolute Gasteiger partial charge is 0.493 e. The van der Waals surface area contributed by atoms with E-state index in [9.17, 15) is 22.4 Å². The molecule has 1 N–H and O–H groups in total. The molecule has 0 bridgehead atoms. The van der Waals surface area contributed by atoms with E-state index in [0.717, 1.165) is 12.8 Å². The molecule has 172 valence electrons. The first-order chi connectivity index (χ1) is 14.6. The number of nitrogens with one attached hydrogen (secondary N) is 1. The van der Waals surface area contributed by atoms with Gasteiger partial charge in [-0.05, 0) is 67.7 Å². The van der Waals surface area contributed by atoms with Gasteiger partial charge in [0, 0.05) is 6.54 Å². The van der Waals surface area contributed by atoms with Gasteiger partial charge in [-0.25, -0.2) is 17.6 Å². The first kappa shape index (κ1) is 23.5. The van der Waals surface area contributed by atoms with Gasteiger partial charge in [-0.1, -0.05) is 13.3 Å². The van der Waals surface area contributed by atoms with Crippen molar-refractivity contribution in [2.24, 2.45) is 5.92 Å². The van der Waals surface area contributed by atoms with Crippen molar-refractivity contribution in [3.8, 4) is 5.75 Å². The average Bonchev–Trinajstić information content (AvgIpc) is 3.44. The van der Waals surface area contributed by atoms with Crippen LogP contribution in [-0.4, -0.2) is 56.5 Å². The lowest BCUT2D eigenvalue weighted by Gasteiger charge is -2.17. The quantitative estimate of drug-likeness (QED) is 0.387. The van der Waals surface area contributed by atoms with E-state index in [1.54, 1.807) is 19.9 Å². The van der Waals surface area contributed by atoms with E-state index < -0.39 is 27.6 Å². The maximum Gasteiger partial charge on any atom is 0.324 e. The molecule has 0 unspecified atom stereocenters. The third-order valence-corrected chi connectivity index (χ3v) is 7.67. The third kappa shape index (κ3) is 6.92. The second-order valence-corrected chi connectivity index (χ2v) is 11.0. The van der Waals surface area contributed by atoms with Gasteiger partial charge in [0.15, 0.2) is 9.84 Å². The van der Waals surface area contributed by atoms with Gasteiger partial charge >= 0.3 is 6.03 Å². The second kappa shape index (κ2) is 9.97. The van der Waals surface area contributed by atoms with Crippen LogP contribution in [0.4, 0.5) is 9.18 Å². The molecule has 2 aliphatic rings. The molecule has 1 aliphatic heterocycles. The van der Waals surface area contributed by atoms with Crippen LogP contribution in [0, 0.1) is 18.7 Å². The number of rotatable bonds is 12. The highest BCUT2D eigenvalue weighted by Crippen LogP contribution is 2.32. The SMILES string of the molecule is Cc1cc(F)c([C@@H](C)CS(=O)(=O)CCCCCN2CC(=O)NC2=O)cc1OCC1CC1. The summed E-state index contributed by atoms with van der Waals surface area (Å²) in [6.07, 6.45) is 4.03. The van der Waals surface area contributed by atoms with Crippen LogP contribution >= 0.6 is 0 Å². The molecule has 3 amide bonds. The molecule has 1 aliphatic carbocycles. The molecule has 1 atom stereocenters. The Labute approximate surface area is 183 Å². The van der Waals surface area contributed by atoms with Crippen molar-refractivity contribution in [2.45, 2.75) is 51.9 Å². The van der Waals surface area contributed by atoms with Crippen molar-refractivity contribution < 1.29 is 27.1 Å². The van der Waals surface area contributed by atoms with Gasteiger partial charge in [0.05, 0.1) is 18.1 Å². The summed E-state index contributed by atoms with van der Waals surface area (Å²) in [6.45, 7) is 4.61. The lowest BCUT2D eigenvalue weighted by Crippen LogP contribution is -2.29. The highest BCUT2D eigenvalue weighted by Gasteiger charge is 2.26. The van der Waals surface area contributed by atoms with Crippen LogP contribution in [0.25, 0.3) is 0 Å². The van der Waals surface area contributed by atoms with E-state index >= 15 is 0 Å². The van der Waals surface area contributed by atoms with Crippen LogP contribution in [0.3, 0.4) is 0 Å². The molecule has 1 heterocycles. The van der Waals surface area contributed by atoms with Crippen molar-refractivity contribution in [2.75, 3.05) is 31.2 Å². The van der Waals surface area contributed by atoms with Crippen LogP contribution < -0.4 is 10.1 Å². The van der Waals surface area contributed by atoms with Crippen molar-refractivity contribution in [1.82, 2.24) is 10.2 Å². The van der Waals surface area contributed by atoms with Gasteiger partial charge in [0.25, 0.3) is 0 Å². The minimum Gasteiger partial charge on any atom is -0.493 e. The van der Waals surface area contributed by atoms with Crippen LogP contribution in [0.1, 0.15) is 56.1 Å². The number of carbonyl (C=O) groups excluding carboxylic acids is 2. The van der Waals surface area contributed by atoms with E-state index in [1.165, 1.54) is 11.0 Å². The zero-order chi connectivity index (χ0) is 22.6. The number of unbranched alkanes of at least 4 members (excludes halogenated alkanes) is 2. The van der Waals surface area contributed by atoms with Crippen LogP contribution in [-0.2, 0) is 14.6 Å². The van der Waals surface area contributed by atoms with Gasteiger partial charge in [-0.2, -0.15) is 0 Å². The van der Waals surface area contributed by atoms with Crippen molar-refractivity contribution in [3.63, 3.8) is 0 Å². The lowest BCUT2D eigenvalue weighted by atomic mass is 10.0. The van der Waals surface area contributed by atoms with Crippen molar-refractivity contribution in [1.29, 1.82) is 0 Å². The first-order valence-electron chi connectivity index (χ1n) is 10.9. The Morgan fingerprint density at radius 3 is 2.61 bits per heavy atom. The van der Waals surface area contributed by atoms with Crippen LogP contribution in [0.15, 0.2) is 12.1 Å². The van der Waals surface area contributed by atoms with Gasteiger partial charge in [-0.3, -0.25) is 10.1 Å². The fourth-order valence-electron chi connectivity index (χ4n) is 3.71. The summed E-state index contributed by atoms with van der Waals surface area (Å²) in [5, 5.41) is 2.21. The Morgan fingerprint density at radius 2 is 1.97 bits per heavy atom. The maximum absolute atomic E-state index is 14.5. The molecule has 1 saturated heterocycles. The summed E-state index contributed by atoms with van der Waals surface area (Å²) in [4.78, 5) is 24.0. The van der Waals surface area contributed by atoms with Gasteiger partial charge < -0.3 is 9.64 Å². The fourth-order valence-corrected chi connectivity index (χ4v) is 5.46. The monoisotopic (exact) mass is 454 g/mol. The van der Waals surface area contributed by atoms with E-state index in [2.05, 4.69) is 5.32 Å². The molecule has 31 heavy (non-hydrogen) atoms. The minimum absolute atomic E-state index is 0.0149. The van der Waals surface area contributed by atoms with Crippen molar-refractivity contribution >= 4 is 21.8 Å². The standard InChI is InChI=1S/C22H31FN2O5S/c1-15-10-19(23)18(11-20(15)30-13-17-6-7-17)16(2)14-31(28,29)9-5-3-4-8-25-12-21(26)24-22(25)27/h10-11,16-17H,3-9,12-14H2,1-2H3,(H,24,26,27)/t16-/m0/s1. The van der Waals surface area contributed by atoms with E-state index in [4.69, 9.17) is 4.74 Å². The molecule has 0 spiro atoms. The van der Waals surface area contributed by atoms with Gasteiger partial charge in [-0.15, -0.1) is 0 Å². The minimum atomic E-state index is -3.36. The highest BCUT2D eigenvalue weighted by atomic mass is 32.2. The number of nitrogens with zero attached hydrogens (tertiary/aromatic N) is 1. The summed E-state index contributed by atoms with van der Waals surface area (Å²) in [5.74, 6) is -0.112. The summed E-state index contributed by atoms with van der Waals surface area (Å²) in [7, 11) is -3.36. The molecule has 9 heteroatoms. The molecule has 2 fully saturated rings. The van der Waals surface area contributed by atoms with Gasteiger partial charge in [0.2, 0.25) is 5.91 Å². The fraction of sp³-hybridized carbons (Fsp3) is 0.636. The van der Waals surface area contributed by atoms with E-state index in [0.29, 0.717) is 55.2 Å². The number of aryl methyl sites for hydroxylation is 1. The molecule has 7 nitrogen and oxygen atoms in total. The molecular weight excluding hydrogens is 423 g/mol. The number of ether oxygens (including phenoxy) is 1. The molecule has 1 saturated carbocycles. The predicted molar refractivity (Wildman–Crippen MR) is 115 cm³/mol. The molecular formula is C22H31FN2O5S. The summed E-state index contributed by atoms with van der Waals surface area (Å²) < 4.78 is 45.4. The number of benzene rings is 1. The Bertz CT molecular complexity index is 930. The van der Waals surface area contributed by atoms with E-state index in [-0.39, 0.29) is 24.0 Å². The summed E-state index contributed by atoms with van der Waals surface area (Å²) >= 11 is 0. The van der Waals surface area contributed by atoms with E-state index in [1.807, 2.05) is 0 Å². The summed E-state index contributed by atoms with van der Waals surface area (Å²) in [5.41, 5.74) is 1.08. The zero-order valence-electron chi connectivity index (χ0n) is 18.2. The Balaban J connectivity index is 1.47. The Kier molecular flexibility index (Phi) is 7.56. The molecule has 0 radical (unpaired) electrons. The van der Waals surface area contributed by atoms with Gasteiger partial charge in [0.1, 0.15) is 18.1 Å². The number of urea groups is 1. The predicted octanol–water partition coefficient (Wildman–Crippen LogP) is 3.16. The summed E-state index contributed by atoms with van der Waals surface area (Å²) in [6, 6.07) is 2.67. The van der Waals surface area contributed by atoms with Crippen LogP contribution in [0.2, 0.25) is 0 Å². The lowest BCUT2D eigenvalue weighted by molar-refractivity contribution is -0.118. The number of carbonyl (C=O) groups is 2. The number of hydrogen-bond acceptors (Lipinski definition) is 5. The Morgan fingerprint density at radius 1 is 1.23 bits per heavy atom. The van der Waals surface area contributed by atoms with Crippen molar-refractivity contribution in [3.05, 3.63) is 29.1 Å². The van der Waals surface area contributed by atoms with Crippen LogP contribution in [0.5, 0.6) is 5.75 Å². The topological polar surface area (TPSA) is 92.8 Å². The highest BCUT2D eigenvalue weighted by molar-refractivity contribution is 7.91. The normalized spacial score (nSPS) is 17.7. The third-order valence-electron chi connectivity index (χ3n) is 5.75. The molecule has 1 aromatic carbocycles. The maximum atomic E-state index is 14.5. The number of sulfone groups is 1. The zero-order valence-corrected chi connectivity index (χ0v) is 19.0.